The number of halogens is 2. The molecule has 2 N–H and O–H groups in total. The third kappa shape index (κ3) is 3.82. The molecule has 2 heterocycles. The number of benzene rings is 1. The van der Waals surface area contributed by atoms with E-state index in [1.165, 1.54) is 11.3 Å². The van der Waals surface area contributed by atoms with Crippen molar-refractivity contribution < 1.29 is 9.59 Å². The lowest BCUT2D eigenvalue weighted by Crippen LogP contribution is -2.27. The summed E-state index contributed by atoms with van der Waals surface area (Å²) in [4.78, 5) is 29.6. The highest BCUT2D eigenvalue weighted by atomic mass is 79.9. The van der Waals surface area contributed by atoms with Crippen molar-refractivity contribution in [2.45, 2.75) is 6.42 Å². The second-order valence-electron chi connectivity index (χ2n) is 4.85. The maximum absolute atomic E-state index is 12.1. The van der Waals surface area contributed by atoms with E-state index in [9.17, 15) is 9.59 Å². The summed E-state index contributed by atoms with van der Waals surface area (Å²) in [6, 6.07) is 5.08. The molecule has 1 aliphatic heterocycles. The molecule has 0 unspecified atom stereocenters. The first-order chi connectivity index (χ1) is 11.0. The number of aromatic nitrogens is 1. The van der Waals surface area contributed by atoms with Crippen molar-refractivity contribution in [3.8, 4) is 0 Å². The topological polar surface area (TPSA) is 74.3 Å². The zero-order valence-electron chi connectivity index (χ0n) is 11.8. The molecule has 0 saturated carbocycles. The Kier molecular flexibility index (Phi) is 4.84. The molecule has 0 bridgehead atoms. The Balaban J connectivity index is 1.64. The number of carbonyl (C=O) groups excluding carboxylic acids is 2. The van der Waals surface area contributed by atoms with Crippen LogP contribution in [0.15, 0.2) is 28.1 Å². The zero-order valence-corrected chi connectivity index (χ0v) is 15.0. The van der Waals surface area contributed by atoms with Crippen molar-refractivity contribution in [2.24, 2.45) is 0 Å². The molecule has 1 aromatic heterocycles. The normalized spacial score (nSPS) is 14.0. The van der Waals surface area contributed by atoms with Gasteiger partial charge < -0.3 is 10.6 Å². The van der Waals surface area contributed by atoms with Crippen LogP contribution in [-0.2, 0) is 11.2 Å². The minimum Gasteiger partial charge on any atom is -0.336 e. The van der Waals surface area contributed by atoms with Gasteiger partial charge in [-0.25, -0.2) is 9.78 Å². The van der Waals surface area contributed by atoms with E-state index in [1.54, 1.807) is 28.5 Å². The molecule has 3 amide bonds. The monoisotopic (exact) mass is 414 g/mol. The lowest BCUT2D eigenvalue weighted by molar-refractivity contribution is -0.115. The fraction of sp³-hybridized carbons (Fsp3) is 0.214. The van der Waals surface area contributed by atoms with E-state index >= 15 is 0 Å². The zero-order chi connectivity index (χ0) is 16.4. The summed E-state index contributed by atoms with van der Waals surface area (Å²) in [6.45, 7) is 1.20. The molecule has 120 valence electrons. The summed E-state index contributed by atoms with van der Waals surface area (Å²) >= 11 is 10.7. The Morgan fingerprint density at radius 2 is 2.35 bits per heavy atom. The molecule has 1 fully saturated rings. The molecule has 0 aliphatic carbocycles. The van der Waals surface area contributed by atoms with Crippen LogP contribution in [-0.4, -0.2) is 30.0 Å². The van der Waals surface area contributed by atoms with Crippen LogP contribution in [0.3, 0.4) is 0 Å². The molecule has 0 spiro atoms. The molecular weight excluding hydrogens is 404 g/mol. The van der Waals surface area contributed by atoms with Gasteiger partial charge >= 0.3 is 6.03 Å². The quantitative estimate of drug-likeness (QED) is 0.805. The Labute approximate surface area is 150 Å². The molecule has 3 rings (SSSR count). The van der Waals surface area contributed by atoms with E-state index in [0.29, 0.717) is 34.6 Å². The summed E-state index contributed by atoms with van der Waals surface area (Å²) in [5.74, 6) is -0.211. The Bertz CT molecular complexity index is 767. The summed E-state index contributed by atoms with van der Waals surface area (Å²) in [7, 11) is 0. The van der Waals surface area contributed by atoms with Crippen molar-refractivity contribution in [2.75, 3.05) is 23.3 Å². The van der Waals surface area contributed by atoms with Gasteiger partial charge in [-0.3, -0.25) is 9.69 Å². The number of urea groups is 1. The first kappa shape index (κ1) is 16.2. The minimum absolute atomic E-state index is 0.123. The van der Waals surface area contributed by atoms with Gasteiger partial charge in [-0.2, -0.15) is 0 Å². The van der Waals surface area contributed by atoms with Gasteiger partial charge in [-0.1, -0.05) is 27.5 Å². The van der Waals surface area contributed by atoms with Gasteiger partial charge in [-0.15, -0.1) is 11.3 Å². The van der Waals surface area contributed by atoms with Gasteiger partial charge in [0.15, 0.2) is 5.13 Å². The highest BCUT2D eigenvalue weighted by Crippen LogP contribution is 2.26. The van der Waals surface area contributed by atoms with Crippen molar-refractivity contribution in [3.05, 3.63) is 38.8 Å². The molecule has 0 radical (unpaired) electrons. The first-order valence-corrected chi connectivity index (χ1v) is 8.82. The molecule has 2 aromatic rings. The first-order valence-electron chi connectivity index (χ1n) is 6.77. The standard InChI is InChI=1S/C14H12BrClN4O2S/c15-8-1-2-11(10(16)5-8)19-12(21)6-9-7-23-14(18-9)20-4-3-17-13(20)22/h1-2,5,7H,3-4,6H2,(H,17,22)(H,19,21). The van der Waals surface area contributed by atoms with E-state index in [4.69, 9.17) is 11.6 Å². The van der Waals surface area contributed by atoms with E-state index in [2.05, 4.69) is 31.5 Å². The van der Waals surface area contributed by atoms with Crippen LogP contribution in [0.25, 0.3) is 0 Å². The Hall–Kier alpha value is -1.64. The molecule has 0 atom stereocenters. The Morgan fingerprint density at radius 3 is 3.04 bits per heavy atom. The van der Waals surface area contributed by atoms with Crippen LogP contribution in [0.2, 0.25) is 5.02 Å². The van der Waals surface area contributed by atoms with Gasteiger partial charge in [0.1, 0.15) is 0 Å². The largest absolute Gasteiger partial charge is 0.336 e. The molecule has 1 saturated heterocycles. The fourth-order valence-corrected chi connectivity index (χ4v) is 3.67. The van der Waals surface area contributed by atoms with Crippen LogP contribution in [0.5, 0.6) is 0 Å². The van der Waals surface area contributed by atoms with Gasteiger partial charge in [0.25, 0.3) is 0 Å². The highest BCUT2D eigenvalue weighted by molar-refractivity contribution is 9.10. The third-order valence-electron chi connectivity index (χ3n) is 3.17. The number of amides is 3. The van der Waals surface area contributed by atoms with Gasteiger partial charge in [-0.05, 0) is 18.2 Å². The van der Waals surface area contributed by atoms with Crippen molar-refractivity contribution in [1.29, 1.82) is 0 Å². The van der Waals surface area contributed by atoms with Crippen LogP contribution in [0.1, 0.15) is 5.69 Å². The highest BCUT2D eigenvalue weighted by Gasteiger charge is 2.24. The molecule has 9 heteroatoms. The minimum atomic E-state index is -0.211. The maximum Gasteiger partial charge on any atom is 0.323 e. The number of nitrogens with one attached hydrogen (secondary N) is 2. The van der Waals surface area contributed by atoms with E-state index in [0.717, 1.165) is 4.47 Å². The van der Waals surface area contributed by atoms with Crippen molar-refractivity contribution in [1.82, 2.24) is 10.3 Å². The van der Waals surface area contributed by atoms with Gasteiger partial charge in [0.2, 0.25) is 5.91 Å². The second-order valence-corrected chi connectivity index (χ2v) is 7.01. The number of thiazole rings is 1. The third-order valence-corrected chi connectivity index (χ3v) is 4.89. The summed E-state index contributed by atoms with van der Waals surface area (Å²) < 4.78 is 0.841. The molecule has 1 aliphatic rings. The van der Waals surface area contributed by atoms with Gasteiger partial charge in [0, 0.05) is 22.9 Å². The SMILES string of the molecule is O=C(Cc1csc(N2CCNC2=O)n1)Nc1ccc(Br)cc1Cl. The van der Waals surface area contributed by atoms with Gasteiger partial charge in [0.05, 0.1) is 22.8 Å². The number of hydrogen-bond donors (Lipinski definition) is 2. The fourth-order valence-electron chi connectivity index (χ4n) is 2.11. The maximum atomic E-state index is 12.1. The average Bonchev–Trinajstić information content (AvgIpc) is 3.10. The Morgan fingerprint density at radius 1 is 1.52 bits per heavy atom. The predicted molar refractivity (Wildman–Crippen MR) is 94.3 cm³/mol. The number of hydrogen-bond acceptors (Lipinski definition) is 4. The average molecular weight is 416 g/mol. The molecule has 1 aromatic carbocycles. The van der Waals surface area contributed by atoms with E-state index in [1.807, 2.05) is 0 Å². The van der Waals surface area contributed by atoms with Crippen LogP contribution in [0, 0.1) is 0 Å². The molecule has 23 heavy (non-hydrogen) atoms. The van der Waals surface area contributed by atoms with Crippen LogP contribution < -0.4 is 15.5 Å². The number of nitrogens with zero attached hydrogens (tertiary/aromatic N) is 2. The van der Waals surface area contributed by atoms with Crippen molar-refractivity contribution >= 4 is 61.6 Å². The lowest BCUT2D eigenvalue weighted by Gasteiger charge is -2.09. The number of carbonyl (C=O) groups is 2. The second kappa shape index (κ2) is 6.86. The smallest absolute Gasteiger partial charge is 0.323 e. The summed E-state index contributed by atoms with van der Waals surface area (Å²) in [6.07, 6.45) is 0.123. The number of rotatable bonds is 4. The van der Waals surface area contributed by atoms with E-state index in [-0.39, 0.29) is 18.4 Å². The predicted octanol–water partition coefficient (Wildman–Crippen LogP) is 3.27. The van der Waals surface area contributed by atoms with Crippen LogP contribution >= 0.6 is 38.9 Å². The summed E-state index contributed by atoms with van der Waals surface area (Å²) in [5.41, 5.74) is 1.17. The number of anilines is 2. The van der Waals surface area contributed by atoms with Crippen LogP contribution in [0.4, 0.5) is 15.6 Å². The summed E-state index contributed by atoms with van der Waals surface area (Å²) in [5, 5.41) is 8.31. The lowest BCUT2D eigenvalue weighted by atomic mass is 10.3. The van der Waals surface area contributed by atoms with Crippen molar-refractivity contribution in [3.63, 3.8) is 0 Å². The molecule has 6 nitrogen and oxygen atoms in total. The van der Waals surface area contributed by atoms with E-state index < -0.39 is 0 Å². The molecular formula is C14H12BrClN4O2S.